The van der Waals surface area contributed by atoms with Crippen molar-refractivity contribution >= 4 is 11.3 Å². The number of imidazole rings is 1. The van der Waals surface area contributed by atoms with Crippen molar-refractivity contribution in [3.63, 3.8) is 0 Å². The molecule has 0 radical (unpaired) electrons. The molecule has 0 aliphatic rings. The average molecular weight is 242 g/mol. The van der Waals surface area contributed by atoms with Gasteiger partial charge in [-0.1, -0.05) is 6.07 Å². The van der Waals surface area contributed by atoms with Crippen molar-refractivity contribution in [2.75, 3.05) is 0 Å². The number of hydrogen-bond donors (Lipinski definition) is 0. The van der Waals surface area contributed by atoms with Crippen LogP contribution in [-0.4, -0.2) is 15.2 Å². The molecule has 0 saturated carbocycles. The minimum atomic E-state index is -4.51. The van der Waals surface area contributed by atoms with Crippen LogP contribution >= 0.6 is 0 Å². The Morgan fingerprint density at radius 1 is 1.41 bits per heavy atom. The summed E-state index contributed by atoms with van der Waals surface area (Å²) in [5, 5.41) is 0. The zero-order valence-electron chi connectivity index (χ0n) is 8.95. The normalized spacial score (nSPS) is 12.0. The number of halogens is 3. The molecule has 0 aliphatic carbocycles. The Morgan fingerprint density at radius 2 is 2.12 bits per heavy atom. The quantitative estimate of drug-likeness (QED) is 0.810. The summed E-state index contributed by atoms with van der Waals surface area (Å²) >= 11 is 0. The summed E-state index contributed by atoms with van der Waals surface area (Å²) in [4.78, 5) is 14.5. The number of carbonyl (C=O) groups is 1. The Balaban J connectivity index is 2.67. The molecule has 0 unspecified atom stereocenters. The molecule has 0 amide bonds. The van der Waals surface area contributed by atoms with Crippen molar-refractivity contribution in [2.45, 2.75) is 19.5 Å². The number of aromatic nitrogens is 2. The van der Waals surface area contributed by atoms with E-state index >= 15 is 0 Å². The van der Waals surface area contributed by atoms with E-state index in [0.29, 0.717) is 0 Å². The minimum absolute atomic E-state index is 0.0312. The highest BCUT2D eigenvalue weighted by atomic mass is 19.4. The smallest absolute Gasteiger partial charge is 0.303 e. The van der Waals surface area contributed by atoms with Crippen LogP contribution in [0.2, 0.25) is 0 Å². The van der Waals surface area contributed by atoms with Crippen LogP contribution in [0.3, 0.4) is 0 Å². The standard InChI is InChI=1S/C11H9F3N2O/c1-7(17)6-9-15-10(11(12,13)14)8-4-2-3-5-16(8)9/h2-5H,6H2,1H3. The Bertz CT molecular complexity index is 572. The van der Waals surface area contributed by atoms with Gasteiger partial charge in [-0.2, -0.15) is 13.2 Å². The first kappa shape index (κ1) is 11.6. The van der Waals surface area contributed by atoms with Gasteiger partial charge >= 0.3 is 6.18 Å². The summed E-state index contributed by atoms with van der Waals surface area (Å²) in [7, 11) is 0. The number of rotatable bonds is 2. The minimum Gasteiger partial charge on any atom is -0.303 e. The number of alkyl halides is 3. The van der Waals surface area contributed by atoms with Crippen molar-refractivity contribution in [1.82, 2.24) is 9.38 Å². The van der Waals surface area contributed by atoms with Crippen LogP contribution in [0.15, 0.2) is 24.4 Å². The Hall–Kier alpha value is -1.85. The Morgan fingerprint density at radius 3 is 2.71 bits per heavy atom. The highest BCUT2D eigenvalue weighted by Gasteiger charge is 2.36. The van der Waals surface area contributed by atoms with Crippen molar-refractivity contribution in [2.24, 2.45) is 0 Å². The number of fused-ring (bicyclic) bond motifs is 1. The van der Waals surface area contributed by atoms with Gasteiger partial charge in [-0.3, -0.25) is 4.79 Å². The molecular formula is C11H9F3N2O. The molecule has 0 saturated heterocycles. The molecule has 0 spiro atoms. The number of hydrogen-bond acceptors (Lipinski definition) is 2. The van der Waals surface area contributed by atoms with E-state index < -0.39 is 11.9 Å². The van der Waals surface area contributed by atoms with Crippen LogP contribution in [0.1, 0.15) is 18.4 Å². The van der Waals surface area contributed by atoms with Gasteiger partial charge in [0.05, 0.1) is 11.9 Å². The van der Waals surface area contributed by atoms with Crippen molar-refractivity contribution in [3.8, 4) is 0 Å². The van der Waals surface area contributed by atoms with Crippen LogP contribution in [-0.2, 0) is 17.4 Å². The van der Waals surface area contributed by atoms with Gasteiger partial charge in [0, 0.05) is 6.20 Å². The van der Waals surface area contributed by atoms with Crippen LogP contribution in [0.25, 0.3) is 5.52 Å². The molecule has 2 heterocycles. The molecule has 0 aromatic carbocycles. The van der Waals surface area contributed by atoms with Gasteiger partial charge in [0.1, 0.15) is 11.6 Å². The summed E-state index contributed by atoms with van der Waals surface area (Å²) < 4.78 is 39.4. The first-order valence-electron chi connectivity index (χ1n) is 4.92. The van der Waals surface area contributed by atoms with Gasteiger partial charge in [0.25, 0.3) is 0 Å². The second-order valence-electron chi connectivity index (χ2n) is 3.71. The molecule has 0 bridgehead atoms. The van der Waals surface area contributed by atoms with E-state index in [2.05, 4.69) is 4.98 Å². The predicted octanol–water partition coefficient (Wildman–Crippen LogP) is 2.48. The van der Waals surface area contributed by atoms with Crippen molar-refractivity contribution in [3.05, 3.63) is 35.9 Å². The van der Waals surface area contributed by atoms with Crippen molar-refractivity contribution in [1.29, 1.82) is 0 Å². The van der Waals surface area contributed by atoms with Crippen LogP contribution < -0.4 is 0 Å². The number of pyridine rings is 1. The first-order chi connectivity index (χ1) is 7.89. The molecule has 90 valence electrons. The summed E-state index contributed by atoms with van der Waals surface area (Å²) in [5.41, 5.74) is -0.981. The summed E-state index contributed by atoms with van der Waals surface area (Å²) in [5.74, 6) is -0.116. The lowest BCUT2D eigenvalue weighted by Crippen LogP contribution is -2.06. The highest BCUT2D eigenvalue weighted by Crippen LogP contribution is 2.32. The predicted molar refractivity (Wildman–Crippen MR) is 54.6 cm³/mol. The molecule has 2 aromatic heterocycles. The fraction of sp³-hybridized carbons (Fsp3) is 0.273. The molecule has 17 heavy (non-hydrogen) atoms. The Kier molecular flexibility index (Phi) is 2.65. The summed E-state index contributed by atoms with van der Waals surface area (Å²) in [6, 6.07) is 4.43. The third kappa shape index (κ3) is 2.15. The number of ketones is 1. The molecule has 0 fully saturated rings. The molecular weight excluding hydrogens is 233 g/mol. The lowest BCUT2D eigenvalue weighted by molar-refractivity contribution is -0.139. The van der Waals surface area contributed by atoms with E-state index in [1.165, 1.54) is 29.7 Å². The molecule has 3 nitrogen and oxygen atoms in total. The summed E-state index contributed by atoms with van der Waals surface area (Å²) in [6.07, 6.45) is -3.15. The Labute approximate surface area is 94.9 Å². The molecule has 2 aromatic rings. The maximum atomic E-state index is 12.7. The average Bonchev–Trinajstić information content (AvgIpc) is 2.56. The van der Waals surface area contributed by atoms with E-state index in [0.717, 1.165) is 0 Å². The van der Waals surface area contributed by atoms with Gasteiger partial charge in [0.2, 0.25) is 0 Å². The largest absolute Gasteiger partial charge is 0.435 e. The van der Waals surface area contributed by atoms with E-state index in [4.69, 9.17) is 0 Å². The molecule has 0 aliphatic heterocycles. The highest BCUT2D eigenvalue weighted by molar-refractivity contribution is 5.77. The lowest BCUT2D eigenvalue weighted by Gasteiger charge is -2.02. The van der Waals surface area contributed by atoms with E-state index in [-0.39, 0.29) is 23.5 Å². The second-order valence-corrected chi connectivity index (χ2v) is 3.71. The lowest BCUT2D eigenvalue weighted by atomic mass is 10.3. The monoisotopic (exact) mass is 242 g/mol. The van der Waals surface area contributed by atoms with E-state index in [1.807, 2.05) is 0 Å². The van der Waals surface area contributed by atoms with E-state index in [1.54, 1.807) is 6.07 Å². The molecule has 0 N–H and O–H groups in total. The fourth-order valence-corrected chi connectivity index (χ4v) is 1.66. The van der Waals surface area contributed by atoms with Gasteiger partial charge < -0.3 is 4.40 Å². The third-order valence-corrected chi connectivity index (χ3v) is 2.30. The van der Waals surface area contributed by atoms with Crippen molar-refractivity contribution < 1.29 is 18.0 Å². The van der Waals surface area contributed by atoms with Gasteiger partial charge in [-0.25, -0.2) is 4.98 Å². The molecule has 2 rings (SSSR count). The maximum absolute atomic E-state index is 12.7. The van der Waals surface area contributed by atoms with Gasteiger partial charge in [-0.15, -0.1) is 0 Å². The SMILES string of the molecule is CC(=O)Cc1nc(C(F)(F)F)c2ccccn12. The van der Waals surface area contributed by atoms with Gasteiger partial charge in [-0.05, 0) is 19.1 Å². The fourth-order valence-electron chi connectivity index (χ4n) is 1.66. The van der Waals surface area contributed by atoms with Crippen LogP contribution in [0.4, 0.5) is 13.2 Å². The third-order valence-electron chi connectivity index (χ3n) is 2.30. The number of Topliss-reactive ketones (excluding diaryl/α,β-unsaturated/α-hetero) is 1. The van der Waals surface area contributed by atoms with E-state index in [9.17, 15) is 18.0 Å². The topological polar surface area (TPSA) is 34.4 Å². The maximum Gasteiger partial charge on any atom is 0.435 e. The van der Waals surface area contributed by atoms with Gasteiger partial charge in [0.15, 0.2) is 5.69 Å². The second kappa shape index (κ2) is 3.87. The van der Waals surface area contributed by atoms with Crippen LogP contribution in [0, 0.1) is 0 Å². The zero-order chi connectivity index (χ0) is 12.6. The molecule has 6 heteroatoms. The first-order valence-corrected chi connectivity index (χ1v) is 4.92. The van der Waals surface area contributed by atoms with Crippen LogP contribution in [0.5, 0.6) is 0 Å². The number of carbonyl (C=O) groups excluding carboxylic acids is 1. The zero-order valence-corrected chi connectivity index (χ0v) is 8.95. The number of nitrogens with zero attached hydrogens (tertiary/aromatic N) is 2. The molecule has 0 atom stereocenters. The summed E-state index contributed by atoms with van der Waals surface area (Å²) in [6.45, 7) is 1.32.